The molecule has 27 heavy (non-hydrogen) atoms. The number of aryl methyl sites for hydroxylation is 2. The van der Waals surface area contributed by atoms with E-state index >= 15 is 0 Å². The van der Waals surface area contributed by atoms with Crippen LogP contribution in [0, 0.1) is 0 Å². The lowest BCUT2D eigenvalue weighted by molar-refractivity contribution is -0.0685. The fourth-order valence-corrected chi connectivity index (χ4v) is 3.33. The van der Waals surface area contributed by atoms with Crippen molar-refractivity contribution in [1.82, 2.24) is 29.1 Å². The molecule has 0 saturated carbocycles. The largest absolute Gasteiger partial charge is 0.373 e. The minimum absolute atomic E-state index is 0.0727. The van der Waals surface area contributed by atoms with Crippen LogP contribution in [-0.4, -0.2) is 74.9 Å². The van der Waals surface area contributed by atoms with E-state index in [1.54, 1.807) is 22.8 Å². The van der Waals surface area contributed by atoms with Crippen LogP contribution in [0.25, 0.3) is 0 Å². The molecular weight excluding hydrogens is 352 g/mol. The number of likely N-dealkylation sites (N-methyl/N-ethyl adjacent to an activating group) is 1. The summed E-state index contributed by atoms with van der Waals surface area (Å²) >= 11 is 0. The van der Waals surface area contributed by atoms with Crippen LogP contribution in [0.15, 0.2) is 28.2 Å². The number of aromatic nitrogens is 4. The first kappa shape index (κ1) is 19.1. The maximum absolute atomic E-state index is 13.2. The van der Waals surface area contributed by atoms with E-state index in [1.165, 1.54) is 17.8 Å². The summed E-state index contributed by atoms with van der Waals surface area (Å²) in [6.45, 7) is 1.31. The summed E-state index contributed by atoms with van der Waals surface area (Å²) in [5.74, 6) is -0.437. The van der Waals surface area contributed by atoms with Crippen LogP contribution in [0.3, 0.4) is 0 Å². The zero-order valence-electron chi connectivity index (χ0n) is 15.9. The summed E-state index contributed by atoms with van der Waals surface area (Å²) in [4.78, 5) is 42.8. The van der Waals surface area contributed by atoms with Crippen molar-refractivity contribution >= 4 is 5.91 Å². The van der Waals surface area contributed by atoms with Crippen molar-refractivity contribution in [2.75, 3.05) is 33.8 Å². The lowest BCUT2D eigenvalue weighted by atomic mass is 9.99. The summed E-state index contributed by atoms with van der Waals surface area (Å²) in [7, 11) is 7.16. The van der Waals surface area contributed by atoms with Crippen LogP contribution in [0.4, 0.5) is 0 Å². The third-order valence-electron chi connectivity index (χ3n) is 4.56. The maximum Gasteiger partial charge on any atom is 0.328 e. The van der Waals surface area contributed by atoms with Crippen molar-refractivity contribution < 1.29 is 9.53 Å². The van der Waals surface area contributed by atoms with Crippen molar-refractivity contribution in [1.29, 1.82) is 0 Å². The van der Waals surface area contributed by atoms with Crippen molar-refractivity contribution in [3.8, 4) is 0 Å². The van der Waals surface area contributed by atoms with E-state index in [-0.39, 0.29) is 17.7 Å². The summed E-state index contributed by atoms with van der Waals surface area (Å²) in [6, 6.07) is -0.390. The van der Waals surface area contributed by atoms with Crippen LogP contribution < -0.4 is 11.2 Å². The molecule has 0 radical (unpaired) electrons. The highest BCUT2D eigenvalue weighted by Gasteiger charge is 2.38. The molecule has 0 aromatic carbocycles. The van der Waals surface area contributed by atoms with Gasteiger partial charge in [-0.25, -0.2) is 4.79 Å². The standard InChI is InChI=1S/C17H24N6O4/c1-20(2)10-13-14(11-7-18-22(4)8-11)23(5-6-27-13)16(25)12-9-21(3)17(26)19-15(12)24/h7-9,13-14H,5-6,10H2,1-4H3,(H,19,24,26)/t13-,14-/m0/s1. The highest BCUT2D eigenvalue weighted by atomic mass is 16.5. The first-order chi connectivity index (χ1) is 12.8. The van der Waals surface area contributed by atoms with Crippen molar-refractivity contribution in [3.05, 3.63) is 50.6 Å². The van der Waals surface area contributed by atoms with Gasteiger partial charge >= 0.3 is 5.69 Å². The van der Waals surface area contributed by atoms with Gasteiger partial charge in [-0.1, -0.05) is 0 Å². The Hall–Kier alpha value is -2.72. The molecule has 0 spiro atoms. The van der Waals surface area contributed by atoms with Gasteiger partial charge in [0.15, 0.2) is 0 Å². The van der Waals surface area contributed by atoms with Gasteiger partial charge in [-0.15, -0.1) is 0 Å². The number of ether oxygens (including phenoxy) is 1. The summed E-state index contributed by atoms with van der Waals surface area (Å²) in [5.41, 5.74) is -0.494. The number of hydrogen-bond donors (Lipinski definition) is 1. The first-order valence-electron chi connectivity index (χ1n) is 8.63. The Morgan fingerprint density at radius 2 is 2.07 bits per heavy atom. The number of aromatic amines is 1. The maximum atomic E-state index is 13.2. The average Bonchev–Trinajstić information content (AvgIpc) is 3.03. The van der Waals surface area contributed by atoms with E-state index in [0.29, 0.717) is 19.7 Å². The van der Waals surface area contributed by atoms with E-state index in [0.717, 1.165) is 5.56 Å². The zero-order valence-corrected chi connectivity index (χ0v) is 15.9. The second-order valence-corrected chi connectivity index (χ2v) is 6.98. The van der Waals surface area contributed by atoms with Gasteiger partial charge in [0.05, 0.1) is 24.9 Å². The predicted octanol–water partition coefficient (Wildman–Crippen LogP) is -1.05. The van der Waals surface area contributed by atoms with Crippen molar-refractivity contribution in [2.45, 2.75) is 12.1 Å². The Morgan fingerprint density at radius 1 is 1.33 bits per heavy atom. The summed E-state index contributed by atoms with van der Waals surface area (Å²) < 4.78 is 8.79. The van der Waals surface area contributed by atoms with Crippen LogP contribution >= 0.6 is 0 Å². The highest BCUT2D eigenvalue weighted by Crippen LogP contribution is 2.30. The van der Waals surface area contributed by atoms with E-state index < -0.39 is 17.2 Å². The quantitative estimate of drug-likeness (QED) is 0.730. The van der Waals surface area contributed by atoms with Gasteiger partial charge in [0.1, 0.15) is 5.56 Å². The third kappa shape index (κ3) is 3.86. The lowest BCUT2D eigenvalue weighted by Crippen LogP contribution is -2.52. The Balaban J connectivity index is 2.03. The molecule has 0 bridgehead atoms. The lowest BCUT2D eigenvalue weighted by Gasteiger charge is -2.41. The fraction of sp³-hybridized carbons (Fsp3) is 0.529. The molecule has 2 aromatic rings. The number of carbonyl (C=O) groups is 1. The molecule has 0 aliphatic carbocycles. The van der Waals surface area contributed by atoms with Gasteiger partial charge in [0.2, 0.25) is 0 Å². The second-order valence-electron chi connectivity index (χ2n) is 6.98. The molecule has 146 valence electrons. The normalized spacial score (nSPS) is 20.3. The molecule has 10 nitrogen and oxygen atoms in total. The van der Waals surface area contributed by atoms with E-state index in [4.69, 9.17) is 4.74 Å². The van der Waals surface area contributed by atoms with E-state index in [1.807, 2.05) is 25.2 Å². The van der Waals surface area contributed by atoms with Crippen LogP contribution in [-0.2, 0) is 18.8 Å². The van der Waals surface area contributed by atoms with Crippen LogP contribution in [0.2, 0.25) is 0 Å². The first-order valence-corrected chi connectivity index (χ1v) is 8.63. The minimum atomic E-state index is -0.691. The molecule has 0 unspecified atom stereocenters. The van der Waals surface area contributed by atoms with Gasteiger partial charge < -0.3 is 19.1 Å². The smallest absolute Gasteiger partial charge is 0.328 e. The van der Waals surface area contributed by atoms with Crippen LogP contribution in [0.1, 0.15) is 22.0 Å². The number of morpholine rings is 1. The average molecular weight is 376 g/mol. The number of nitrogens with one attached hydrogen (secondary N) is 1. The fourth-order valence-electron chi connectivity index (χ4n) is 3.33. The van der Waals surface area contributed by atoms with Gasteiger partial charge in [-0.05, 0) is 14.1 Å². The number of rotatable bonds is 4. The number of hydrogen-bond acceptors (Lipinski definition) is 6. The minimum Gasteiger partial charge on any atom is -0.373 e. The molecule has 1 fully saturated rings. The molecule has 1 aliphatic heterocycles. The van der Waals surface area contributed by atoms with Gasteiger partial charge in [0.25, 0.3) is 11.5 Å². The molecular formula is C17H24N6O4. The van der Waals surface area contributed by atoms with Crippen molar-refractivity contribution in [3.63, 3.8) is 0 Å². The van der Waals surface area contributed by atoms with Gasteiger partial charge in [-0.3, -0.25) is 19.3 Å². The Bertz CT molecular complexity index is 943. The van der Waals surface area contributed by atoms with Gasteiger partial charge in [0, 0.05) is 45.1 Å². The molecule has 3 heterocycles. The topological polar surface area (TPSA) is 105 Å². The Labute approximate surface area is 156 Å². The Kier molecular flexibility index (Phi) is 5.29. The predicted molar refractivity (Wildman–Crippen MR) is 97.6 cm³/mol. The van der Waals surface area contributed by atoms with Gasteiger partial charge in [-0.2, -0.15) is 5.10 Å². The van der Waals surface area contributed by atoms with Crippen molar-refractivity contribution in [2.24, 2.45) is 14.1 Å². The van der Waals surface area contributed by atoms with Crippen LogP contribution in [0.5, 0.6) is 0 Å². The molecule has 1 N–H and O–H groups in total. The SMILES string of the molecule is CN(C)C[C@@H]1OCCN(C(=O)c2cn(C)c(=O)[nH]c2=O)[C@H]1c1cnn(C)c1. The molecule has 2 atom stereocenters. The molecule has 2 aromatic heterocycles. The number of amides is 1. The molecule has 1 aliphatic rings. The summed E-state index contributed by atoms with van der Waals surface area (Å²) in [5, 5.41) is 4.21. The zero-order chi connectivity index (χ0) is 19.7. The monoisotopic (exact) mass is 376 g/mol. The Morgan fingerprint density at radius 3 is 2.70 bits per heavy atom. The molecule has 1 amide bonds. The number of carbonyl (C=O) groups excluding carboxylic acids is 1. The highest BCUT2D eigenvalue weighted by molar-refractivity contribution is 5.94. The summed E-state index contributed by atoms with van der Waals surface area (Å²) in [6.07, 6.45) is 4.55. The molecule has 3 rings (SSSR count). The van der Waals surface area contributed by atoms with E-state index in [9.17, 15) is 14.4 Å². The third-order valence-corrected chi connectivity index (χ3v) is 4.56. The van der Waals surface area contributed by atoms with E-state index in [2.05, 4.69) is 10.1 Å². The molecule has 1 saturated heterocycles. The number of H-pyrrole nitrogens is 1. The number of nitrogens with zero attached hydrogens (tertiary/aromatic N) is 5. The molecule has 10 heteroatoms. The second kappa shape index (κ2) is 7.49.